The van der Waals surface area contributed by atoms with Gasteiger partial charge in [0.15, 0.2) is 5.89 Å². The fourth-order valence-electron chi connectivity index (χ4n) is 3.79. The fourth-order valence-corrected chi connectivity index (χ4v) is 3.79. The molecule has 0 spiro atoms. The SMILES string of the molecule is O=C(c1ccccc1-c1ncc[nH]1)N1CCc2oc(CCc3cccnc3)nc2C1. The Morgan fingerprint density at radius 1 is 1.13 bits per heavy atom. The molecule has 0 fully saturated rings. The van der Waals surface area contributed by atoms with Gasteiger partial charge in [-0.3, -0.25) is 9.78 Å². The summed E-state index contributed by atoms with van der Waals surface area (Å²) in [7, 11) is 0. The molecule has 0 saturated heterocycles. The molecule has 0 atom stereocenters. The highest BCUT2D eigenvalue weighted by atomic mass is 16.4. The lowest BCUT2D eigenvalue weighted by Crippen LogP contribution is -2.36. The summed E-state index contributed by atoms with van der Waals surface area (Å²) in [4.78, 5) is 31.3. The number of imidazole rings is 1. The number of pyridine rings is 1. The molecular formula is C23H21N5O2. The van der Waals surface area contributed by atoms with Crippen LogP contribution in [0.2, 0.25) is 0 Å². The molecule has 1 amide bonds. The average Bonchev–Trinajstić information content (AvgIpc) is 3.47. The van der Waals surface area contributed by atoms with Crippen molar-refractivity contribution in [1.82, 2.24) is 24.8 Å². The van der Waals surface area contributed by atoms with E-state index in [4.69, 9.17) is 4.42 Å². The van der Waals surface area contributed by atoms with Crippen molar-refractivity contribution in [2.45, 2.75) is 25.8 Å². The Balaban J connectivity index is 1.32. The zero-order chi connectivity index (χ0) is 20.3. The highest BCUT2D eigenvalue weighted by molar-refractivity contribution is 6.00. The van der Waals surface area contributed by atoms with Crippen LogP contribution in [-0.4, -0.2) is 37.3 Å². The number of aromatic nitrogens is 4. The summed E-state index contributed by atoms with van der Waals surface area (Å²) in [5.41, 5.74) is 3.44. The van der Waals surface area contributed by atoms with Gasteiger partial charge in [0.2, 0.25) is 0 Å². The van der Waals surface area contributed by atoms with Crippen LogP contribution in [0.1, 0.15) is 33.3 Å². The van der Waals surface area contributed by atoms with Gasteiger partial charge in [0.1, 0.15) is 17.3 Å². The van der Waals surface area contributed by atoms with Crippen LogP contribution in [0, 0.1) is 0 Å². The van der Waals surface area contributed by atoms with E-state index in [1.807, 2.05) is 47.5 Å². The predicted octanol–water partition coefficient (Wildman–Crippen LogP) is 3.44. The van der Waals surface area contributed by atoms with Crippen molar-refractivity contribution in [2.24, 2.45) is 0 Å². The number of H-pyrrole nitrogens is 1. The number of hydrogen-bond acceptors (Lipinski definition) is 5. The highest BCUT2D eigenvalue weighted by Crippen LogP contribution is 2.26. The van der Waals surface area contributed by atoms with Crippen molar-refractivity contribution in [3.05, 3.63) is 89.7 Å². The van der Waals surface area contributed by atoms with Crippen LogP contribution in [0.5, 0.6) is 0 Å². The zero-order valence-corrected chi connectivity index (χ0v) is 16.4. The molecule has 5 rings (SSSR count). The number of carbonyl (C=O) groups is 1. The van der Waals surface area contributed by atoms with Crippen LogP contribution in [0.3, 0.4) is 0 Å². The van der Waals surface area contributed by atoms with Crippen molar-refractivity contribution in [1.29, 1.82) is 0 Å². The minimum atomic E-state index is -0.0208. The van der Waals surface area contributed by atoms with Crippen LogP contribution >= 0.6 is 0 Å². The number of aromatic amines is 1. The number of nitrogens with zero attached hydrogens (tertiary/aromatic N) is 4. The molecule has 1 aliphatic heterocycles. The van der Waals surface area contributed by atoms with Gasteiger partial charge in [-0.05, 0) is 24.1 Å². The minimum absolute atomic E-state index is 0.0208. The van der Waals surface area contributed by atoms with Crippen molar-refractivity contribution < 1.29 is 9.21 Å². The van der Waals surface area contributed by atoms with E-state index >= 15 is 0 Å². The topological polar surface area (TPSA) is 87.9 Å². The van der Waals surface area contributed by atoms with E-state index < -0.39 is 0 Å². The molecule has 0 unspecified atom stereocenters. The highest BCUT2D eigenvalue weighted by Gasteiger charge is 2.27. The monoisotopic (exact) mass is 399 g/mol. The van der Waals surface area contributed by atoms with E-state index in [2.05, 4.69) is 19.9 Å². The quantitative estimate of drug-likeness (QED) is 0.555. The Kier molecular flexibility index (Phi) is 4.85. The van der Waals surface area contributed by atoms with Crippen molar-refractivity contribution in [3.8, 4) is 11.4 Å². The lowest BCUT2D eigenvalue weighted by Gasteiger charge is -2.26. The smallest absolute Gasteiger partial charge is 0.254 e. The third kappa shape index (κ3) is 3.61. The Morgan fingerprint density at radius 2 is 2.07 bits per heavy atom. The summed E-state index contributed by atoms with van der Waals surface area (Å²) in [5.74, 6) is 2.28. The summed E-state index contributed by atoms with van der Waals surface area (Å²) in [6, 6.07) is 11.5. The first-order valence-electron chi connectivity index (χ1n) is 10.0. The molecule has 4 heterocycles. The largest absolute Gasteiger partial charge is 0.445 e. The van der Waals surface area contributed by atoms with Gasteiger partial charge in [-0.15, -0.1) is 0 Å². The van der Waals surface area contributed by atoms with Crippen LogP contribution in [0.25, 0.3) is 11.4 Å². The molecule has 7 heteroatoms. The molecular weight excluding hydrogens is 378 g/mol. The van der Waals surface area contributed by atoms with E-state index in [0.717, 1.165) is 29.0 Å². The van der Waals surface area contributed by atoms with E-state index in [9.17, 15) is 4.79 Å². The van der Waals surface area contributed by atoms with Crippen molar-refractivity contribution in [3.63, 3.8) is 0 Å². The summed E-state index contributed by atoms with van der Waals surface area (Å²) >= 11 is 0. The lowest BCUT2D eigenvalue weighted by atomic mass is 10.0. The number of hydrogen-bond donors (Lipinski definition) is 1. The van der Waals surface area contributed by atoms with Gasteiger partial charge >= 0.3 is 0 Å². The minimum Gasteiger partial charge on any atom is -0.445 e. The van der Waals surface area contributed by atoms with E-state index in [1.54, 1.807) is 18.6 Å². The second-order valence-corrected chi connectivity index (χ2v) is 7.30. The van der Waals surface area contributed by atoms with Crippen molar-refractivity contribution >= 4 is 5.91 Å². The normalized spacial score (nSPS) is 13.3. The maximum atomic E-state index is 13.3. The van der Waals surface area contributed by atoms with Crippen molar-refractivity contribution in [2.75, 3.05) is 6.54 Å². The third-order valence-electron chi connectivity index (χ3n) is 5.32. The predicted molar refractivity (Wildman–Crippen MR) is 111 cm³/mol. The number of amides is 1. The summed E-state index contributed by atoms with van der Waals surface area (Å²) < 4.78 is 5.96. The molecule has 3 aromatic heterocycles. The zero-order valence-electron chi connectivity index (χ0n) is 16.4. The molecule has 4 aromatic rings. The molecule has 1 N–H and O–H groups in total. The van der Waals surface area contributed by atoms with Gasteiger partial charge in [0.25, 0.3) is 5.91 Å². The second-order valence-electron chi connectivity index (χ2n) is 7.30. The van der Waals surface area contributed by atoms with E-state index in [1.165, 1.54) is 0 Å². The molecule has 0 saturated carbocycles. The molecule has 1 aromatic carbocycles. The van der Waals surface area contributed by atoms with Crippen LogP contribution < -0.4 is 0 Å². The summed E-state index contributed by atoms with van der Waals surface area (Å²) in [6.07, 6.45) is 9.28. The standard InChI is InChI=1S/C23H21N5O2/c29-23(18-6-2-1-5-17(18)22-25-11-12-26-22)28-13-9-20-19(15-28)27-21(30-20)8-7-16-4-3-10-24-14-16/h1-6,10-12,14H,7-9,13,15H2,(H,25,26). The Morgan fingerprint density at radius 3 is 2.90 bits per heavy atom. The molecule has 150 valence electrons. The number of nitrogens with one attached hydrogen (secondary N) is 1. The maximum absolute atomic E-state index is 13.3. The van der Waals surface area contributed by atoms with Crippen LogP contribution in [-0.2, 0) is 25.8 Å². The van der Waals surface area contributed by atoms with Gasteiger partial charge in [-0.25, -0.2) is 9.97 Å². The maximum Gasteiger partial charge on any atom is 0.254 e. The lowest BCUT2D eigenvalue weighted by molar-refractivity contribution is 0.0728. The van der Waals surface area contributed by atoms with Crippen LogP contribution in [0.15, 0.2) is 65.6 Å². The molecule has 30 heavy (non-hydrogen) atoms. The molecule has 1 aliphatic rings. The summed E-state index contributed by atoms with van der Waals surface area (Å²) in [5, 5.41) is 0. The van der Waals surface area contributed by atoms with E-state index in [-0.39, 0.29) is 5.91 Å². The Hall–Kier alpha value is -3.74. The molecule has 0 aliphatic carbocycles. The first-order valence-corrected chi connectivity index (χ1v) is 10.0. The summed E-state index contributed by atoms with van der Waals surface area (Å²) in [6.45, 7) is 1.06. The second kappa shape index (κ2) is 7.94. The van der Waals surface area contributed by atoms with Gasteiger partial charge in [-0.1, -0.05) is 24.3 Å². The first kappa shape index (κ1) is 18.3. The number of aryl methyl sites for hydroxylation is 2. The number of oxazole rings is 1. The number of fused-ring (bicyclic) bond motifs is 1. The molecule has 0 radical (unpaired) electrons. The third-order valence-corrected chi connectivity index (χ3v) is 5.32. The fraction of sp³-hybridized carbons (Fsp3) is 0.217. The van der Waals surface area contributed by atoms with Gasteiger partial charge in [-0.2, -0.15) is 0 Å². The van der Waals surface area contributed by atoms with Gasteiger partial charge in [0, 0.05) is 49.7 Å². The van der Waals surface area contributed by atoms with E-state index in [0.29, 0.717) is 43.2 Å². The number of rotatable bonds is 5. The first-order chi connectivity index (χ1) is 14.8. The number of benzene rings is 1. The molecule has 7 nitrogen and oxygen atoms in total. The molecule has 0 bridgehead atoms. The Labute approximate surface area is 173 Å². The number of carbonyl (C=O) groups excluding carboxylic acids is 1. The van der Waals surface area contributed by atoms with Gasteiger partial charge in [0.05, 0.1) is 12.1 Å². The average molecular weight is 399 g/mol. The van der Waals surface area contributed by atoms with Crippen LogP contribution in [0.4, 0.5) is 0 Å². The Bertz CT molecular complexity index is 1150. The van der Waals surface area contributed by atoms with Gasteiger partial charge < -0.3 is 14.3 Å².